The highest BCUT2D eigenvalue weighted by atomic mass is 16.5. The number of ether oxygens (including phenoxy) is 1. The number of hydrogen-bond acceptors (Lipinski definition) is 6. The number of ketones is 1. The smallest absolute Gasteiger partial charge is 0.334 e. The lowest BCUT2D eigenvalue weighted by Crippen LogP contribution is -2.59. The molecule has 0 unspecified atom stereocenters. The first-order valence-corrected chi connectivity index (χ1v) is 9.02. The van der Waals surface area contributed by atoms with Crippen LogP contribution in [0.2, 0.25) is 0 Å². The average Bonchev–Trinajstić information content (AvgIpc) is 3.24. The summed E-state index contributed by atoms with van der Waals surface area (Å²) in [5.41, 5.74) is -0.238. The minimum Gasteiger partial charge on any atom is -0.472 e. The van der Waals surface area contributed by atoms with Crippen molar-refractivity contribution in [2.75, 3.05) is 0 Å². The molecule has 1 aromatic rings. The van der Waals surface area contributed by atoms with Gasteiger partial charge in [0.1, 0.15) is 11.9 Å². The quantitative estimate of drug-likeness (QED) is 0.631. The van der Waals surface area contributed by atoms with Gasteiger partial charge in [0.25, 0.3) is 0 Å². The molecule has 26 heavy (non-hydrogen) atoms. The zero-order chi connectivity index (χ0) is 19.1. The van der Waals surface area contributed by atoms with Crippen molar-refractivity contribution in [2.24, 2.45) is 5.41 Å². The molecule has 142 valence electrons. The largest absolute Gasteiger partial charge is 0.472 e. The molecule has 1 aromatic heterocycles. The van der Waals surface area contributed by atoms with Gasteiger partial charge in [-0.2, -0.15) is 0 Å². The van der Waals surface area contributed by atoms with Gasteiger partial charge in [-0.05, 0) is 46.1 Å². The number of furan rings is 1. The summed E-state index contributed by atoms with van der Waals surface area (Å²) in [6.45, 7) is 5.09. The van der Waals surface area contributed by atoms with E-state index in [1.54, 1.807) is 25.5 Å². The van der Waals surface area contributed by atoms with Gasteiger partial charge >= 0.3 is 5.97 Å². The summed E-state index contributed by atoms with van der Waals surface area (Å²) < 4.78 is 10.5. The van der Waals surface area contributed by atoms with E-state index in [1.165, 1.54) is 6.92 Å². The van der Waals surface area contributed by atoms with Gasteiger partial charge in [-0.1, -0.05) is 5.57 Å². The first-order chi connectivity index (χ1) is 12.2. The Kier molecular flexibility index (Phi) is 4.84. The summed E-state index contributed by atoms with van der Waals surface area (Å²) in [5, 5.41) is 20.9. The molecule has 2 heterocycles. The van der Waals surface area contributed by atoms with Gasteiger partial charge in [0.05, 0.1) is 29.6 Å². The number of allylic oxidation sites excluding steroid dienone is 1. The number of carbonyl (C=O) groups excluding carboxylic acids is 2. The van der Waals surface area contributed by atoms with Crippen LogP contribution in [0.4, 0.5) is 0 Å². The highest BCUT2D eigenvalue weighted by molar-refractivity contribution is 5.91. The van der Waals surface area contributed by atoms with Crippen molar-refractivity contribution >= 4 is 11.8 Å². The van der Waals surface area contributed by atoms with E-state index in [-0.39, 0.29) is 30.7 Å². The number of aliphatic hydroxyl groups excluding tert-OH is 1. The van der Waals surface area contributed by atoms with E-state index in [4.69, 9.17) is 9.15 Å². The second kappa shape index (κ2) is 6.67. The van der Waals surface area contributed by atoms with Crippen LogP contribution in [0.25, 0.3) is 0 Å². The number of carbonyl (C=O) groups is 2. The molecule has 3 rings (SSSR count). The summed E-state index contributed by atoms with van der Waals surface area (Å²) in [7, 11) is 0. The number of hydrogen-bond donors (Lipinski definition) is 2. The van der Waals surface area contributed by atoms with Crippen molar-refractivity contribution in [1.29, 1.82) is 0 Å². The standard InChI is InChI=1S/C20H26O6/c1-12(14-10-15(26-18(14)23)13-7-9-25-11-13)6-8-19(2)16(21)4-5-17(22)20(19,3)24/h7,9,11,15,17,22,24H,4-6,8,10H2,1-3H3/t15-,17+,19-,20-/m0/s1. The van der Waals surface area contributed by atoms with Gasteiger partial charge in [-0.3, -0.25) is 4.79 Å². The lowest BCUT2D eigenvalue weighted by molar-refractivity contribution is -0.180. The van der Waals surface area contributed by atoms with Gasteiger partial charge in [0.2, 0.25) is 0 Å². The number of cyclic esters (lactones) is 1. The average molecular weight is 362 g/mol. The zero-order valence-corrected chi connectivity index (χ0v) is 15.4. The molecule has 2 fully saturated rings. The van der Waals surface area contributed by atoms with Crippen LogP contribution >= 0.6 is 0 Å². The minimum atomic E-state index is -1.48. The van der Waals surface area contributed by atoms with E-state index in [1.807, 2.05) is 6.92 Å². The van der Waals surface area contributed by atoms with Gasteiger partial charge in [-0.15, -0.1) is 0 Å². The van der Waals surface area contributed by atoms with Crippen LogP contribution < -0.4 is 0 Å². The summed E-state index contributed by atoms with van der Waals surface area (Å²) in [6, 6.07) is 1.77. The molecule has 0 spiro atoms. The lowest BCUT2D eigenvalue weighted by Gasteiger charge is -2.48. The summed E-state index contributed by atoms with van der Waals surface area (Å²) in [6.07, 6.45) is 3.69. The van der Waals surface area contributed by atoms with Crippen molar-refractivity contribution in [3.05, 3.63) is 35.3 Å². The second-order valence-electron chi connectivity index (χ2n) is 7.87. The van der Waals surface area contributed by atoms with Crippen LogP contribution in [0, 0.1) is 5.41 Å². The summed E-state index contributed by atoms with van der Waals surface area (Å²) >= 11 is 0. The highest BCUT2D eigenvalue weighted by Crippen LogP contribution is 2.46. The van der Waals surface area contributed by atoms with E-state index >= 15 is 0 Å². The Morgan fingerprint density at radius 2 is 2.08 bits per heavy atom. The van der Waals surface area contributed by atoms with E-state index in [2.05, 4.69) is 0 Å². The molecule has 0 radical (unpaired) electrons. The maximum absolute atomic E-state index is 12.5. The van der Waals surface area contributed by atoms with Crippen LogP contribution in [0.5, 0.6) is 0 Å². The molecular formula is C20H26O6. The molecule has 2 aliphatic rings. The Balaban J connectivity index is 1.75. The Hall–Kier alpha value is -1.92. The maximum atomic E-state index is 12.5. The zero-order valence-electron chi connectivity index (χ0n) is 15.4. The fraction of sp³-hybridized carbons (Fsp3) is 0.600. The van der Waals surface area contributed by atoms with Crippen LogP contribution in [0.3, 0.4) is 0 Å². The predicted molar refractivity (Wildman–Crippen MR) is 93.1 cm³/mol. The fourth-order valence-electron chi connectivity index (χ4n) is 3.96. The van der Waals surface area contributed by atoms with E-state index in [0.29, 0.717) is 24.8 Å². The SMILES string of the molecule is CC(CC[C@@]1(C)C(=O)CC[C@@H](O)[C@]1(C)O)=C1C[C@@H](c2ccoc2)OC1=O. The van der Waals surface area contributed by atoms with Gasteiger partial charge in [0.15, 0.2) is 0 Å². The third-order valence-corrected chi connectivity index (χ3v) is 6.34. The van der Waals surface area contributed by atoms with Crippen LogP contribution in [0.1, 0.15) is 64.5 Å². The first-order valence-electron chi connectivity index (χ1n) is 9.02. The number of esters is 1. The van der Waals surface area contributed by atoms with Crippen molar-refractivity contribution < 1.29 is 29.0 Å². The van der Waals surface area contributed by atoms with Gasteiger partial charge in [0, 0.05) is 24.0 Å². The monoisotopic (exact) mass is 362 g/mol. The normalized spacial score (nSPS) is 37.0. The maximum Gasteiger partial charge on any atom is 0.334 e. The Labute approximate surface area is 152 Å². The number of aliphatic hydroxyl groups is 2. The third-order valence-electron chi connectivity index (χ3n) is 6.34. The van der Waals surface area contributed by atoms with Crippen molar-refractivity contribution in [1.82, 2.24) is 0 Å². The van der Waals surface area contributed by atoms with E-state index in [0.717, 1.165) is 11.1 Å². The Morgan fingerprint density at radius 3 is 2.73 bits per heavy atom. The summed E-state index contributed by atoms with van der Waals surface area (Å²) in [4.78, 5) is 24.7. The molecule has 4 atom stereocenters. The summed E-state index contributed by atoms with van der Waals surface area (Å²) in [5.74, 6) is -0.392. The Morgan fingerprint density at radius 1 is 1.35 bits per heavy atom. The third kappa shape index (κ3) is 3.01. The van der Waals surface area contributed by atoms with Crippen LogP contribution in [-0.2, 0) is 14.3 Å². The molecule has 1 aliphatic heterocycles. The van der Waals surface area contributed by atoms with Crippen molar-refractivity contribution in [3.63, 3.8) is 0 Å². The van der Waals surface area contributed by atoms with Crippen molar-refractivity contribution in [2.45, 2.75) is 70.7 Å². The molecule has 2 N–H and O–H groups in total. The molecule has 6 heteroatoms. The predicted octanol–water partition coefficient (Wildman–Crippen LogP) is 2.85. The molecule has 1 saturated carbocycles. The Bertz CT molecular complexity index is 729. The topological polar surface area (TPSA) is 97.0 Å². The molecule has 0 aromatic carbocycles. The molecule has 1 saturated heterocycles. The fourth-order valence-corrected chi connectivity index (χ4v) is 3.96. The van der Waals surface area contributed by atoms with Crippen LogP contribution in [-0.4, -0.2) is 33.7 Å². The van der Waals surface area contributed by atoms with Crippen LogP contribution in [0.15, 0.2) is 34.2 Å². The molecular weight excluding hydrogens is 336 g/mol. The molecule has 1 aliphatic carbocycles. The molecule has 0 bridgehead atoms. The molecule has 0 amide bonds. The first kappa shape index (κ1) is 18.9. The van der Waals surface area contributed by atoms with E-state index < -0.39 is 17.1 Å². The lowest BCUT2D eigenvalue weighted by atomic mass is 9.60. The van der Waals surface area contributed by atoms with E-state index in [9.17, 15) is 19.8 Å². The molecule has 6 nitrogen and oxygen atoms in total. The minimum absolute atomic E-state index is 0.0455. The second-order valence-corrected chi connectivity index (χ2v) is 7.87. The number of rotatable bonds is 4. The van der Waals surface area contributed by atoms with Gasteiger partial charge < -0.3 is 19.4 Å². The highest BCUT2D eigenvalue weighted by Gasteiger charge is 2.55. The van der Waals surface area contributed by atoms with Gasteiger partial charge in [-0.25, -0.2) is 4.79 Å². The number of Topliss-reactive ketones (excluding diaryl/α,β-unsaturated/α-hetero) is 1. The van der Waals surface area contributed by atoms with Crippen molar-refractivity contribution in [3.8, 4) is 0 Å².